The number of nitrogens with zero attached hydrogens (tertiary/aromatic N) is 2. The van der Waals surface area contributed by atoms with Gasteiger partial charge in [-0.25, -0.2) is 0 Å². The molecule has 1 aromatic carbocycles. The predicted octanol–water partition coefficient (Wildman–Crippen LogP) is 3.03. The summed E-state index contributed by atoms with van der Waals surface area (Å²) in [5.74, 6) is 0. The summed E-state index contributed by atoms with van der Waals surface area (Å²) < 4.78 is 0. The van der Waals surface area contributed by atoms with E-state index < -0.39 is 0 Å². The van der Waals surface area contributed by atoms with Crippen molar-refractivity contribution in [2.24, 2.45) is 0 Å². The van der Waals surface area contributed by atoms with Gasteiger partial charge in [0, 0.05) is 24.7 Å². The predicted molar refractivity (Wildman–Crippen MR) is 82.5 cm³/mol. The van der Waals surface area contributed by atoms with Gasteiger partial charge in [-0.2, -0.15) is 0 Å². The summed E-state index contributed by atoms with van der Waals surface area (Å²) in [6, 6.07) is 11.6. The van der Waals surface area contributed by atoms with Crippen LogP contribution >= 0.6 is 0 Å². The summed E-state index contributed by atoms with van der Waals surface area (Å²) in [4.78, 5) is 5.06. The Morgan fingerprint density at radius 3 is 2.16 bits per heavy atom. The monoisotopic (exact) mass is 260 g/mol. The number of piperidine rings is 1. The van der Waals surface area contributed by atoms with Crippen LogP contribution in [0, 0.1) is 0 Å². The summed E-state index contributed by atoms with van der Waals surface area (Å²) >= 11 is 0. The molecule has 0 N–H and O–H groups in total. The molecule has 1 aliphatic heterocycles. The average molecular weight is 260 g/mol. The molecular formula is C17H28N2. The Balaban J connectivity index is 2.08. The smallest absolute Gasteiger partial charge is 0.0268 e. The summed E-state index contributed by atoms with van der Waals surface area (Å²) in [6.07, 6.45) is 3.72. The molecule has 0 aliphatic carbocycles. The zero-order chi connectivity index (χ0) is 13.9. The van der Waals surface area contributed by atoms with Crippen molar-refractivity contribution < 1.29 is 0 Å². The Morgan fingerprint density at radius 1 is 1.11 bits per heavy atom. The number of likely N-dealkylation sites (tertiary alicyclic amines) is 1. The molecule has 1 heterocycles. The zero-order valence-electron chi connectivity index (χ0n) is 12.9. The molecule has 1 aromatic rings. The van der Waals surface area contributed by atoms with Crippen LogP contribution in [0.4, 0.5) is 0 Å². The highest BCUT2D eigenvalue weighted by Crippen LogP contribution is 2.31. The fourth-order valence-electron chi connectivity index (χ4n) is 3.21. The third kappa shape index (κ3) is 3.37. The maximum Gasteiger partial charge on any atom is 0.0268 e. The van der Waals surface area contributed by atoms with Gasteiger partial charge >= 0.3 is 0 Å². The summed E-state index contributed by atoms with van der Waals surface area (Å²) in [5.41, 5.74) is 1.81. The standard InChI is InChI=1S/C17H28N2/c1-15(2)19-12-10-17(11-13-19,18(3)4)14-16-8-6-5-7-9-16/h5-9,15H,10-14H2,1-4H3. The van der Waals surface area contributed by atoms with Gasteiger partial charge in [-0.05, 0) is 52.8 Å². The van der Waals surface area contributed by atoms with Crippen LogP contribution in [0.2, 0.25) is 0 Å². The average Bonchev–Trinajstić information content (AvgIpc) is 2.40. The minimum atomic E-state index is 0.340. The van der Waals surface area contributed by atoms with E-state index in [4.69, 9.17) is 0 Å². The van der Waals surface area contributed by atoms with Gasteiger partial charge in [0.2, 0.25) is 0 Å². The second kappa shape index (κ2) is 6.06. The van der Waals surface area contributed by atoms with Gasteiger partial charge in [-0.1, -0.05) is 30.3 Å². The van der Waals surface area contributed by atoms with Crippen molar-refractivity contribution in [3.05, 3.63) is 35.9 Å². The van der Waals surface area contributed by atoms with Crippen LogP contribution < -0.4 is 0 Å². The summed E-state index contributed by atoms with van der Waals surface area (Å²) in [7, 11) is 4.49. The van der Waals surface area contributed by atoms with Gasteiger partial charge in [-0.15, -0.1) is 0 Å². The van der Waals surface area contributed by atoms with E-state index >= 15 is 0 Å². The van der Waals surface area contributed by atoms with Crippen molar-refractivity contribution in [3.63, 3.8) is 0 Å². The van der Waals surface area contributed by atoms with E-state index in [1.165, 1.54) is 37.9 Å². The van der Waals surface area contributed by atoms with E-state index in [1.807, 2.05) is 0 Å². The number of benzene rings is 1. The van der Waals surface area contributed by atoms with Gasteiger partial charge in [0.25, 0.3) is 0 Å². The number of hydrogen-bond acceptors (Lipinski definition) is 2. The molecule has 0 aromatic heterocycles. The van der Waals surface area contributed by atoms with Crippen LogP contribution in [-0.2, 0) is 6.42 Å². The molecule has 0 saturated carbocycles. The first-order valence-corrected chi connectivity index (χ1v) is 7.49. The Hall–Kier alpha value is -0.860. The summed E-state index contributed by atoms with van der Waals surface area (Å²) in [5, 5.41) is 0. The van der Waals surface area contributed by atoms with E-state index in [-0.39, 0.29) is 0 Å². The fraction of sp³-hybridized carbons (Fsp3) is 0.647. The molecule has 0 unspecified atom stereocenters. The first-order chi connectivity index (χ1) is 9.03. The molecule has 1 aliphatic rings. The van der Waals surface area contributed by atoms with E-state index in [9.17, 15) is 0 Å². The topological polar surface area (TPSA) is 6.48 Å². The molecule has 0 spiro atoms. The molecule has 0 radical (unpaired) electrons. The van der Waals surface area contributed by atoms with Crippen LogP contribution in [-0.4, -0.2) is 48.6 Å². The molecule has 0 amide bonds. The molecule has 0 atom stereocenters. The van der Waals surface area contributed by atoms with Crippen LogP contribution in [0.15, 0.2) is 30.3 Å². The maximum absolute atomic E-state index is 2.60. The molecular weight excluding hydrogens is 232 g/mol. The van der Waals surface area contributed by atoms with E-state index in [0.717, 1.165) is 0 Å². The highest BCUT2D eigenvalue weighted by Gasteiger charge is 2.36. The second-order valence-electron chi connectivity index (χ2n) is 6.41. The lowest BCUT2D eigenvalue weighted by molar-refractivity contribution is 0.0440. The Morgan fingerprint density at radius 2 is 1.68 bits per heavy atom. The van der Waals surface area contributed by atoms with E-state index in [2.05, 4.69) is 68.1 Å². The number of likely N-dealkylation sites (N-methyl/N-ethyl adjacent to an activating group) is 1. The van der Waals surface area contributed by atoms with Crippen molar-refractivity contribution in [2.75, 3.05) is 27.2 Å². The normalized spacial score (nSPS) is 20.1. The Labute approximate surface area is 118 Å². The Kier molecular flexibility index (Phi) is 4.64. The highest BCUT2D eigenvalue weighted by molar-refractivity contribution is 5.18. The third-order valence-corrected chi connectivity index (χ3v) is 4.78. The summed E-state index contributed by atoms with van der Waals surface area (Å²) in [6.45, 7) is 7.06. The van der Waals surface area contributed by atoms with Gasteiger partial charge in [0.05, 0.1) is 0 Å². The quantitative estimate of drug-likeness (QED) is 0.821. The first kappa shape index (κ1) is 14.5. The molecule has 1 fully saturated rings. The van der Waals surface area contributed by atoms with E-state index in [0.29, 0.717) is 11.6 Å². The SMILES string of the molecule is CC(C)N1CCC(Cc2ccccc2)(N(C)C)CC1. The minimum Gasteiger partial charge on any atom is -0.303 e. The zero-order valence-corrected chi connectivity index (χ0v) is 12.9. The molecule has 0 bridgehead atoms. The first-order valence-electron chi connectivity index (χ1n) is 7.49. The molecule has 2 nitrogen and oxygen atoms in total. The van der Waals surface area contributed by atoms with Crippen molar-refractivity contribution in [3.8, 4) is 0 Å². The van der Waals surface area contributed by atoms with E-state index in [1.54, 1.807) is 0 Å². The van der Waals surface area contributed by atoms with Crippen LogP contribution in [0.25, 0.3) is 0 Å². The van der Waals surface area contributed by atoms with Crippen LogP contribution in [0.1, 0.15) is 32.3 Å². The number of hydrogen-bond donors (Lipinski definition) is 0. The van der Waals surface area contributed by atoms with Crippen LogP contribution in [0.5, 0.6) is 0 Å². The Bertz CT molecular complexity index is 376. The van der Waals surface area contributed by atoms with Gasteiger partial charge in [-0.3, -0.25) is 0 Å². The van der Waals surface area contributed by atoms with Crippen molar-refractivity contribution in [2.45, 2.75) is 44.7 Å². The molecule has 106 valence electrons. The highest BCUT2D eigenvalue weighted by atomic mass is 15.2. The van der Waals surface area contributed by atoms with Crippen molar-refractivity contribution in [1.29, 1.82) is 0 Å². The largest absolute Gasteiger partial charge is 0.303 e. The lowest BCUT2D eigenvalue weighted by Gasteiger charge is -2.47. The molecule has 1 saturated heterocycles. The molecule has 2 rings (SSSR count). The lowest BCUT2D eigenvalue weighted by atomic mass is 9.80. The lowest BCUT2D eigenvalue weighted by Crippen LogP contribution is -2.55. The van der Waals surface area contributed by atoms with Gasteiger partial charge in [0.1, 0.15) is 0 Å². The molecule has 2 heteroatoms. The second-order valence-corrected chi connectivity index (χ2v) is 6.41. The van der Waals surface area contributed by atoms with Crippen LogP contribution in [0.3, 0.4) is 0 Å². The van der Waals surface area contributed by atoms with Crippen molar-refractivity contribution in [1.82, 2.24) is 9.80 Å². The maximum atomic E-state index is 2.60. The van der Waals surface area contributed by atoms with Crippen molar-refractivity contribution >= 4 is 0 Å². The minimum absolute atomic E-state index is 0.340. The van der Waals surface area contributed by atoms with Gasteiger partial charge in [0.15, 0.2) is 0 Å². The van der Waals surface area contributed by atoms with Gasteiger partial charge < -0.3 is 9.80 Å². The third-order valence-electron chi connectivity index (χ3n) is 4.78. The fourth-order valence-corrected chi connectivity index (χ4v) is 3.21. The molecule has 19 heavy (non-hydrogen) atoms. The number of rotatable bonds is 4.